The molecule has 0 radical (unpaired) electrons. The summed E-state index contributed by atoms with van der Waals surface area (Å²) in [6.45, 7) is 3.93. The number of piperazine rings is 1. The number of rotatable bonds is 7. The summed E-state index contributed by atoms with van der Waals surface area (Å²) in [6.07, 6.45) is 4.34. The zero-order valence-electron chi connectivity index (χ0n) is 20.5. The van der Waals surface area contributed by atoms with Crippen LogP contribution in [0.2, 0.25) is 0 Å². The predicted molar refractivity (Wildman–Crippen MR) is 143 cm³/mol. The number of benzene rings is 3. The molecule has 0 atom stereocenters. The molecule has 4 aromatic rings. The van der Waals surface area contributed by atoms with Crippen LogP contribution >= 0.6 is 0 Å². The van der Waals surface area contributed by atoms with Crippen molar-refractivity contribution in [1.29, 1.82) is 0 Å². The average molecular weight is 479 g/mol. The summed E-state index contributed by atoms with van der Waals surface area (Å²) in [7, 11) is 1.65. The van der Waals surface area contributed by atoms with Crippen molar-refractivity contribution in [3.63, 3.8) is 0 Å². The third-order valence-corrected chi connectivity index (χ3v) is 6.43. The second-order valence-corrected chi connectivity index (χ2v) is 8.80. The molecule has 1 aromatic heterocycles. The van der Waals surface area contributed by atoms with Gasteiger partial charge in [-0.1, -0.05) is 72.8 Å². The number of carbonyl (C=O) groups is 1. The molecule has 0 bridgehead atoms. The van der Waals surface area contributed by atoms with Gasteiger partial charge in [0.05, 0.1) is 18.5 Å². The Bertz CT molecular complexity index is 1320. The van der Waals surface area contributed by atoms with E-state index in [4.69, 9.17) is 9.84 Å². The van der Waals surface area contributed by atoms with Crippen LogP contribution in [-0.4, -0.2) is 65.3 Å². The van der Waals surface area contributed by atoms with Crippen molar-refractivity contribution in [1.82, 2.24) is 19.6 Å². The summed E-state index contributed by atoms with van der Waals surface area (Å²) >= 11 is 0. The lowest BCUT2D eigenvalue weighted by Gasteiger charge is -2.34. The van der Waals surface area contributed by atoms with Gasteiger partial charge in [-0.05, 0) is 35.9 Å². The van der Waals surface area contributed by atoms with E-state index < -0.39 is 0 Å². The highest BCUT2D eigenvalue weighted by Gasteiger charge is 2.26. The summed E-state index contributed by atoms with van der Waals surface area (Å²) in [6, 6.07) is 29.8. The van der Waals surface area contributed by atoms with E-state index in [1.54, 1.807) is 11.8 Å². The molecule has 0 unspecified atom stereocenters. The Morgan fingerprint density at radius 2 is 1.61 bits per heavy atom. The molecule has 1 fully saturated rings. The number of amides is 1. The summed E-state index contributed by atoms with van der Waals surface area (Å²) in [4.78, 5) is 18.0. The van der Waals surface area contributed by atoms with Crippen molar-refractivity contribution in [2.75, 3.05) is 39.8 Å². The summed E-state index contributed by atoms with van der Waals surface area (Å²) in [5, 5.41) is 4.82. The Morgan fingerprint density at radius 1 is 0.889 bits per heavy atom. The van der Waals surface area contributed by atoms with E-state index in [1.165, 1.54) is 5.56 Å². The smallest absolute Gasteiger partial charge is 0.272 e. The monoisotopic (exact) mass is 478 g/mol. The van der Waals surface area contributed by atoms with Crippen molar-refractivity contribution in [2.24, 2.45) is 0 Å². The Labute approximate surface area is 212 Å². The van der Waals surface area contributed by atoms with Crippen LogP contribution in [0.4, 0.5) is 0 Å². The van der Waals surface area contributed by atoms with Crippen LogP contribution in [-0.2, 0) is 0 Å². The molecule has 1 saturated heterocycles. The Kier molecular flexibility index (Phi) is 7.24. The molecule has 182 valence electrons. The lowest BCUT2D eigenvalue weighted by molar-refractivity contribution is 0.0641. The van der Waals surface area contributed by atoms with Crippen molar-refractivity contribution in [2.45, 2.75) is 0 Å². The number of ether oxygens (including phenoxy) is 1. The summed E-state index contributed by atoms with van der Waals surface area (Å²) in [5.74, 6) is 0.757. The van der Waals surface area contributed by atoms with Gasteiger partial charge < -0.3 is 9.64 Å². The molecule has 0 spiro atoms. The van der Waals surface area contributed by atoms with E-state index in [0.29, 0.717) is 18.8 Å². The SMILES string of the molecule is COc1cccc(-c2cc(C(=O)N3CCN(C/C=C/c4ccccc4)CC3)n(-c3ccccc3)n2)c1. The van der Waals surface area contributed by atoms with Gasteiger partial charge in [-0.2, -0.15) is 5.10 Å². The van der Waals surface area contributed by atoms with Gasteiger partial charge in [-0.15, -0.1) is 0 Å². The maximum atomic E-state index is 13.7. The van der Waals surface area contributed by atoms with E-state index in [9.17, 15) is 4.79 Å². The van der Waals surface area contributed by atoms with Crippen LogP contribution in [0.1, 0.15) is 16.1 Å². The molecule has 1 aliphatic heterocycles. The third kappa shape index (κ3) is 5.39. The van der Waals surface area contributed by atoms with E-state index >= 15 is 0 Å². The first-order valence-corrected chi connectivity index (χ1v) is 12.2. The number of methoxy groups -OCH3 is 1. The number of carbonyl (C=O) groups excluding carboxylic acids is 1. The molecule has 2 heterocycles. The van der Waals surface area contributed by atoms with Gasteiger partial charge in [-0.25, -0.2) is 4.68 Å². The Balaban J connectivity index is 1.32. The van der Waals surface area contributed by atoms with Crippen LogP contribution in [0.3, 0.4) is 0 Å². The standard InChI is InChI=1S/C30H30N4O2/c1-36-27-16-8-13-25(22-27)28-23-29(34(31-28)26-14-6-3-7-15-26)30(35)33-20-18-32(19-21-33)17-9-12-24-10-4-2-5-11-24/h2-16,22-23H,17-21H2,1H3/b12-9+. The topological polar surface area (TPSA) is 50.6 Å². The molecule has 0 aliphatic carbocycles. The lowest BCUT2D eigenvalue weighted by Crippen LogP contribution is -2.49. The highest BCUT2D eigenvalue weighted by molar-refractivity contribution is 5.94. The summed E-state index contributed by atoms with van der Waals surface area (Å²) in [5.41, 5.74) is 4.28. The fourth-order valence-corrected chi connectivity index (χ4v) is 4.42. The first-order valence-electron chi connectivity index (χ1n) is 12.2. The molecule has 1 aliphatic rings. The molecular weight excluding hydrogens is 448 g/mol. The average Bonchev–Trinajstić information content (AvgIpc) is 3.40. The van der Waals surface area contributed by atoms with Gasteiger partial charge in [0.2, 0.25) is 0 Å². The van der Waals surface area contributed by atoms with E-state index in [0.717, 1.165) is 42.3 Å². The number of nitrogens with zero attached hydrogens (tertiary/aromatic N) is 4. The molecule has 3 aromatic carbocycles. The second-order valence-electron chi connectivity index (χ2n) is 8.80. The van der Waals surface area contributed by atoms with E-state index in [2.05, 4.69) is 29.2 Å². The number of aromatic nitrogens is 2. The zero-order chi connectivity index (χ0) is 24.7. The summed E-state index contributed by atoms with van der Waals surface area (Å²) < 4.78 is 7.14. The largest absolute Gasteiger partial charge is 0.497 e. The van der Waals surface area contributed by atoms with Crippen LogP contribution < -0.4 is 4.74 Å². The molecular formula is C30H30N4O2. The van der Waals surface area contributed by atoms with Gasteiger partial charge in [0.15, 0.2) is 0 Å². The van der Waals surface area contributed by atoms with Gasteiger partial charge in [-0.3, -0.25) is 9.69 Å². The fourth-order valence-electron chi connectivity index (χ4n) is 4.42. The van der Waals surface area contributed by atoms with Crippen LogP contribution in [0.25, 0.3) is 23.0 Å². The molecule has 0 N–H and O–H groups in total. The number of hydrogen-bond acceptors (Lipinski definition) is 4. The Morgan fingerprint density at radius 3 is 2.33 bits per heavy atom. The zero-order valence-corrected chi connectivity index (χ0v) is 20.5. The van der Waals surface area contributed by atoms with Gasteiger partial charge in [0.25, 0.3) is 5.91 Å². The minimum absolute atomic E-state index is 0.0000215. The molecule has 0 saturated carbocycles. The minimum atomic E-state index is -0.0000215. The highest BCUT2D eigenvalue weighted by Crippen LogP contribution is 2.26. The van der Waals surface area contributed by atoms with Gasteiger partial charge in [0, 0.05) is 38.3 Å². The first kappa shape index (κ1) is 23.6. The third-order valence-electron chi connectivity index (χ3n) is 6.43. The number of para-hydroxylation sites is 1. The van der Waals surface area contributed by atoms with Crippen molar-refractivity contribution >= 4 is 12.0 Å². The Hall–Kier alpha value is -4.16. The molecule has 5 rings (SSSR count). The normalized spacial score (nSPS) is 14.3. The fraction of sp³-hybridized carbons (Fsp3) is 0.200. The van der Waals surface area contributed by atoms with Gasteiger partial charge >= 0.3 is 0 Å². The second kappa shape index (κ2) is 11.1. The molecule has 36 heavy (non-hydrogen) atoms. The molecule has 6 nitrogen and oxygen atoms in total. The maximum absolute atomic E-state index is 13.7. The van der Waals surface area contributed by atoms with Crippen molar-refractivity contribution in [3.8, 4) is 22.7 Å². The maximum Gasteiger partial charge on any atom is 0.272 e. The molecule has 6 heteroatoms. The minimum Gasteiger partial charge on any atom is -0.497 e. The predicted octanol–water partition coefficient (Wildman–Crippen LogP) is 5.02. The quantitative estimate of drug-likeness (QED) is 0.374. The molecule has 1 amide bonds. The number of hydrogen-bond donors (Lipinski definition) is 0. The lowest BCUT2D eigenvalue weighted by atomic mass is 10.1. The van der Waals surface area contributed by atoms with E-state index in [1.807, 2.05) is 83.8 Å². The van der Waals surface area contributed by atoms with Crippen molar-refractivity contribution in [3.05, 3.63) is 108 Å². The van der Waals surface area contributed by atoms with Gasteiger partial charge in [0.1, 0.15) is 11.4 Å². The first-order chi connectivity index (χ1) is 17.7. The van der Waals surface area contributed by atoms with E-state index in [-0.39, 0.29) is 5.91 Å². The van der Waals surface area contributed by atoms with Crippen LogP contribution in [0.15, 0.2) is 97.1 Å². The highest BCUT2D eigenvalue weighted by atomic mass is 16.5. The van der Waals surface area contributed by atoms with Crippen LogP contribution in [0.5, 0.6) is 5.75 Å². The van der Waals surface area contributed by atoms with Crippen LogP contribution in [0, 0.1) is 0 Å². The van der Waals surface area contributed by atoms with Crippen molar-refractivity contribution < 1.29 is 9.53 Å².